The number of hydrogen-bond acceptors (Lipinski definition) is 7. The molecule has 0 aliphatic carbocycles. The van der Waals surface area contributed by atoms with Crippen molar-refractivity contribution in [1.29, 1.82) is 0 Å². The number of likely N-dealkylation sites (tertiary alicyclic amines) is 1. The van der Waals surface area contributed by atoms with Crippen molar-refractivity contribution in [2.75, 3.05) is 25.4 Å². The van der Waals surface area contributed by atoms with Crippen molar-refractivity contribution in [3.63, 3.8) is 0 Å². The van der Waals surface area contributed by atoms with Crippen molar-refractivity contribution in [3.05, 3.63) is 48.5 Å². The van der Waals surface area contributed by atoms with Gasteiger partial charge >= 0.3 is 6.09 Å². The molecule has 4 aromatic rings. The molecule has 0 atom stereocenters. The number of nitrogens with two attached hydrogens (primary N) is 1. The van der Waals surface area contributed by atoms with Gasteiger partial charge in [-0.3, -0.25) is 9.36 Å². The van der Waals surface area contributed by atoms with Crippen LogP contribution in [-0.2, 0) is 17.3 Å². The first-order valence-corrected chi connectivity index (χ1v) is 11.1. The molecule has 1 fully saturated rings. The Morgan fingerprint density at radius 1 is 1.26 bits per heavy atom. The predicted octanol–water partition coefficient (Wildman–Crippen LogP) is 2.44. The molecular formula is C23H26N10O2. The van der Waals surface area contributed by atoms with Crippen molar-refractivity contribution < 1.29 is 9.53 Å². The van der Waals surface area contributed by atoms with Crippen LogP contribution in [0.2, 0.25) is 0 Å². The second-order valence-electron chi connectivity index (χ2n) is 9.79. The lowest BCUT2D eigenvalue weighted by atomic mass is 9.90. The molecule has 4 aromatic heterocycles. The quantitative estimate of drug-likeness (QED) is 0.450. The number of fused-ring (bicyclic) bond motifs is 1. The number of ether oxygens (including phenoxy) is 1. The molecule has 12 heteroatoms. The second kappa shape index (κ2) is 7.83. The molecule has 0 unspecified atom stereocenters. The standard InChI is InChI=1S/C23H26N10O2/c1-22(2,3)35-21(34)31-13-23(14-31,12-25-4)33-10-16(20(24)29-33)19-18-6-7-26-32(18)11-17(28-19)15-8-27-30(5)9-15/h6-11H,12-14H2,1-3,5H3,(H2,24,29). The number of rotatable bonds is 4. The number of amides is 1. The number of carbonyl (C=O) groups is 1. The SMILES string of the molecule is [C-]#[N+]CC1(n2cc(-c3nc(-c4cnn(C)c4)cn4nccc34)c(N)n2)CN(C(=O)OC(C)(C)C)C1. The highest BCUT2D eigenvalue weighted by atomic mass is 16.6. The highest BCUT2D eigenvalue weighted by Gasteiger charge is 2.52. The topological polar surface area (TPSA) is 126 Å². The first kappa shape index (κ1) is 22.4. The lowest BCUT2D eigenvalue weighted by Gasteiger charge is -2.46. The molecule has 1 amide bonds. The van der Waals surface area contributed by atoms with Crippen LogP contribution in [0.5, 0.6) is 0 Å². The third kappa shape index (κ3) is 3.95. The summed E-state index contributed by atoms with van der Waals surface area (Å²) in [5.74, 6) is 0.281. The summed E-state index contributed by atoms with van der Waals surface area (Å²) in [7, 11) is 1.84. The number of nitrogens with zero attached hydrogens (tertiary/aromatic N) is 9. The van der Waals surface area contributed by atoms with Gasteiger partial charge in [0.05, 0.1) is 48.5 Å². The Morgan fingerprint density at radius 2 is 2.03 bits per heavy atom. The lowest BCUT2D eigenvalue weighted by Crippen LogP contribution is -2.66. The zero-order valence-electron chi connectivity index (χ0n) is 20.0. The number of carbonyl (C=O) groups excluding carboxylic acids is 1. The molecule has 0 aromatic carbocycles. The molecule has 5 rings (SSSR count). The first-order valence-electron chi connectivity index (χ1n) is 11.1. The Kier molecular flexibility index (Phi) is 5.01. The van der Waals surface area contributed by atoms with Crippen molar-refractivity contribution in [3.8, 4) is 22.5 Å². The van der Waals surface area contributed by atoms with Crippen LogP contribution in [0, 0.1) is 6.57 Å². The van der Waals surface area contributed by atoms with Gasteiger partial charge < -0.3 is 20.2 Å². The lowest BCUT2D eigenvalue weighted by molar-refractivity contribution is -0.0272. The molecule has 35 heavy (non-hydrogen) atoms. The molecule has 0 bridgehead atoms. The zero-order valence-corrected chi connectivity index (χ0v) is 20.0. The highest BCUT2D eigenvalue weighted by molar-refractivity contribution is 5.83. The van der Waals surface area contributed by atoms with E-state index in [1.807, 2.05) is 46.3 Å². The van der Waals surface area contributed by atoms with Crippen LogP contribution >= 0.6 is 0 Å². The fourth-order valence-corrected chi connectivity index (χ4v) is 4.21. The Bertz CT molecular complexity index is 1460. The third-order valence-corrected chi connectivity index (χ3v) is 5.87. The van der Waals surface area contributed by atoms with E-state index < -0.39 is 17.2 Å². The summed E-state index contributed by atoms with van der Waals surface area (Å²) in [4.78, 5) is 22.5. The number of anilines is 1. The first-order chi connectivity index (χ1) is 16.6. The molecular weight excluding hydrogens is 448 g/mol. The molecule has 0 saturated carbocycles. The summed E-state index contributed by atoms with van der Waals surface area (Å²) in [6, 6.07) is 1.86. The molecule has 2 N–H and O–H groups in total. The minimum absolute atomic E-state index is 0.151. The van der Waals surface area contributed by atoms with Gasteiger partial charge in [0, 0.05) is 25.0 Å². The normalized spacial score (nSPS) is 15.1. The van der Waals surface area contributed by atoms with E-state index >= 15 is 0 Å². The second-order valence-corrected chi connectivity index (χ2v) is 9.79. The Hall–Kier alpha value is -4.40. The monoisotopic (exact) mass is 474 g/mol. The maximum Gasteiger partial charge on any atom is 0.410 e. The fourth-order valence-electron chi connectivity index (χ4n) is 4.21. The number of hydrogen-bond donors (Lipinski definition) is 1. The number of nitrogen functional groups attached to an aromatic ring is 1. The van der Waals surface area contributed by atoms with E-state index in [9.17, 15) is 4.79 Å². The van der Waals surface area contributed by atoms with Gasteiger partial charge in [-0.25, -0.2) is 20.9 Å². The fraction of sp³-hybridized carbons (Fsp3) is 0.391. The molecule has 0 spiro atoms. The Balaban J connectivity index is 1.52. The van der Waals surface area contributed by atoms with E-state index in [1.165, 1.54) is 0 Å². The van der Waals surface area contributed by atoms with Gasteiger partial charge in [0.1, 0.15) is 11.3 Å². The molecule has 12 nitrogen and oxygen atoms in total. The molecule has 1 saturated heterocycles. The maximum absolute atomic E-state index is 12.5. The summed E-state index contributed by atoms with van der Waals surface area (Å²) >= 11 is 0. The smallest absolute Gasteiger partial charge is 0.410 e. The summed E-state index contributed by atoms with van der Waals surface area (Å²) in [5, 5.41) is 13.2. The van der Waals surface area contributed by atoms with Gasteiger partial charge in [0.15, 0.2) is 11.4 Å². The van der Waals surface area contributed by atoms with Gasteiger partial charge in [0.25, 0.3) is 0 Å². The van der Waals surface area contributed by atoms with Crippen molar-refractivity contribution in [1.82, 2.24) is 39.1 Å². The van der Waals surface area contributed by atoms with Crippen LogP contribution in [0.15, 0.2) is 37.1 Å². The number of aryl methyl sites for hydroxylation is 1. The van der Waals surface area contributed by atoms with Gasteiger partial charge in [-0.2, -0.15) is 15.3 Å². The molecule has 5 heterocycles. The molecule has 180 valence electrons. The van der Waals surface area contributed by atoms with Crippen molar-refractivity contribution >= 4 is 17.4 Å². The predicted molar refractivity (Wildman–Crippen MR) is 128 cm³/mol. The molecule has 1 aliphatic heterocycles. The van der Waals surface area contributed by atoms with Gasteiger partial charge in [-0.05, 0) is 26.8 Å². The van der Waals surface area contributed by atoms with Crippen LogP contribution in [0.4, 0.5) is 10.6 Å². The van der Waals surface area contributed by atoms with E-state index in [1.54, 1.807) is 37.4 Å². The van der Waals surface area contributed by atoms with E-state index in [0.717, 1.165) is 11.1 Å². The highest BCUT2D eigenvalue weighted by Crippen LogP contribution is 2.36. The van der Waals surface area contributed by atoms with Crippen LogP contribution in [-0.4, -0.2) is 70.4 Å². The average molecular weight is 475 g/mol. The average Bonchev–Trinajstić information content (AvgIpc) is 3.48. The largest absolute Gasteiger partial charge is 0.444 e. The zero-order chi connectivity index (χ0) is 25.0. The van der Waals surface area contributed by atoms with E-state index in [0.29, 0.717) is 30.0 Å². The van der Waals surface area contributed by atoms with Crippen LogP contribution < -0.4 is 5.73 Å². The molecule has 0 radical (unpaired) electrons. The van der Waals surface area contributed by atoms with Crippen LogP contribution in [0.1, 0.15) is 20.8 Å². The Labute approximate surface area is 201 Å². The summed E-state index contributed by atoms with van der Waals surface area (Å²) < 4.78 is 10.6. The summed E-state index contributed by atoms with van der Waals surface area (Å²) in [5.41, 5.74) is 8.63. The molecule has 1 aliphatic rings. The van der Waals surface area contributed by atoms with Crippen molar-refractivity contribution in [2.45, 2.75) is 31.9 Å². The van der Waals surface area contributed by atoms with E-state index in [2.05, 4.69) is 20.1 Å². The minimum atomic E-state index is -0.692. The summed E-state index contributed by atoms with van der Waals surface area (Å²) in [6.07, 6.45) is 8.53. The van der Waals surface area contributed by atoms with Crippen molar-refractivity contribution in [2.24, 2.45) is 7.05 Å². The third-order valence-electron chi connectivity index (χ3n) is 5.87. The van der Waals surface area contributed by atoms with Gasteiger partial charge in [-0.15, -0.1) is 0 Å². The minimum Gasteiger partial charge on any atom is -0.444 e. The number of aromatic nitrogens is 7. The van der Waals surface area contributed by atoms with Gasteiger partial charge in [0.2, 0.25) is 6.54 Å². The van der Waals surface area contributed by atoms with E-state index in [-0.39, 0.29) is 12.4 Å². The van der Waals surface area contributed by atoms with Gasteiger partial charge in [-0.1, -0.05) is 0 Å². The van der Waals surface area contributed by atoms with Crippen LogP contribution in [0.3, 0.4) is 0 Å². The Morgan fingerprint density at radius 3 is 2.69 bits per heavy atom. The summed E-state index contributed by atoms with van der Waals surface area (Å²) in [6.45, 7) is 13.7. The maximum atomic E-state index is 12.5. The van der Waals surface area contributed by atoms with Crippen LogP contribution in [0.25, 0.3) is 32.9 Å². The van der Waals surface area contributed by atoms with E-state index in [4.69, 9.17) is 22.0 Å².